The SMILES string of the molecule is O=C(O)c1c2c(nc3ccccc13)/C(=C\c1ccccc1)CCC2. The number of rotatable bonds is 2. The van der Waals surface area contributed by atoms with Crippen molar-refractivity contribution in [1.29, 1.82) is 0 Å². The molecule has 0 bridgehead atoms. The number of carbonyl (C=O) groups is 1. The van der Waals surface area contributed by atoms with Gasteiger partial charge in [0.1, 0.15) is 0 Å². The molecule has 118 valence electrons. The molecule has 0 aliphatic heterocycles. The molecule has 2 aromatic carbocycles. The zero-order valence-corrected chi connectivity index (χ0v) is 13.2. The molecule has 3 heteroatoms. The molecule has 1 heterocycles. The van der Waals surface area contributed by atoms with Crippen LogP contribution in [0.15, 0.2) is 54.6 Å². The van der Waals surface area contributed by atoms with Crippen molar-refractivity contribution in [3.05, 3.63) is 77.0 Å². The molecule has 3 aromatic rings. The van der Waals surface area contributed by atoms with Crippen LogP contribution >= 0.6 is 0 Å². The Labute approximate surface area is 140 Å². The number of benzene rings is 2. The summed E-state index contributed by atoms with van der Waals surface area (Å²) in [6, 6.07) is 17.6. The first-order chi connectivity index (χ1) is 11.7. The standard InChI is InChI=1S/C21H17NO2/c23-21(24)19-16-10-4-5-12-18(16)22-20-15(9-6-11-17(19)20)13-14-7-2-1-3-8-14/h1-5,7-8,10,12-13H,6,9,11H2,(H,23,24)/b15-13-. The summed E-state index contributed by atoms with van der Waals surface area (Å²) in [7, 11) is 0. The molecule has 0 amide bonds. The molecule has 24 heavy (non-hydrogen) atoms. The van der Waals surface area contributed by atoms with Gasteiger partial charge in [0.2, 0.25) is 0 Å². The van der Waals surface area contributed by atoms with Crippen LogP contribution < -0.4 is 0 Å². The fourth-order valence-corrected chi connectivity index (χ4v) is 3.47. The number of aromatic carboxylic acids is 1. The van der Waals surface area contributed by atoms with Gasteiger partial charge >= 0.3 is 5.97 Å². The fraction of sp³-hybridized carbons (Fsp3) is 0.143. The molecule has 0 spiro atoms. The van der Waals surface area contributed by atoms with Crippen molar-refractivity contribution >= 4 is 28.5 Å². The first-order valence-electron chi connectivity index (χ1n) is 8.15. The predicted molar refractivity (Wildman–Crippen MR) is 96.0 cm³/mol. The first-order valence-corrected chi connectivity index (χ1v) is 8.15. The third kappa shape index (κ3) is 2.48. The van der Waals surface area contributed by atoms with Gasteiger partial charge in [0.05, 0.1) is 16.8 Å². The van der Waals surface area contributed by atoms with Crippen LogP contribution in [0.3, 0.4) is 0 Å². The van der Waals surface area contributed by atoms with Crippen LogP contribution in [0.5, 0.6) is 0 Å². The Morgan fingerprint density at radius 3 is 2.54 bits per heavy atom. The quantitative estimate of drug-likeness (QED) is 0.738. The lowest BCUT2D eigenvalue weighted by atomic mass is 9.86. The van der Waals surface area contributed by atoms with Crippen molar-refractivity contribution in [3.63, 3.8) is 0 Å². The van der Waals surface area contributed by atoms with Crippen LogP contribution in [-0.2, 0) is 6.42 Å². The number of carboxylic acids is 1. The monoisotopic (exact) mass is 315 g/mol. The lowest BCUT2D eigenvalue weighted by Gasteiger charge is -2.21. The van der Waals surface area contributed by atoms with E-state index in [1.165, 1.54) is 0 Å². The molecule has 0 saturated heterocycles. The largest absolute Gasteiger partial charge is 0.478 e. The van der Waals surface area contributed by atoms with E-state index in [0.717, 1.165) is 52.6 Å². The number of para-hydroxylation sites is 1. The Morgan fingerprint density at radius 2 is 1.75 bits per heavy atom. The average Bonchev–Trinajstić information content (AvgIpc) is 2.61. The summed E-state index contributed by atoms with van der Waals surface area (Å²) in [6.45, 7) is 0. The van der Waals surface area contributed by atoms with E-state index in [4.69, 9.17) is 4.98 Å². The van der Waals surface area contributed by atoms with E-state index in [2.05, 4.69) is 18.2 Å². The minimum Gasteiger partial charge on any atom is -0.478 e. The second kappa shape index (κ2) is 5.93. The summed E-state index contributed by atoms with van der Waals surface area (Å²) in [4.78, 5) is 16.7. The number of nitrogens with zero attached hydrogens (tertiary/aromatic N) is 1. The zero-order valence-electron chi connectivity index (χ0n) is 13.2. The third-order valence-corrected chi connectivity index (χ3v) is 4.52. The van der Waals surface area contributed by atoms with Crippen molar-refractivity contribution in [2.24, 2.45) is 0 Å². The van der Waals surface area contributed by atoms with Gasteiger partial charge in [-0.2, -0.15) is 0 Å². The van der Waals surface area contributed by atoms with Crippen molar-refractivity contribution in [2.75, 3.05) is 0 Å². The Balaban J connectivity index is 1.98. The van der Waals surface area contributed by atoms with Crippen LogP contribution in [0, 0.1) is 0 Å². The van der Waals surface area contributed by atoms with Crippen LogP contribution in [0.25, 0.3) is 22.6 Å². The highest BCUT2D eigenvalue weighted by Crippen LogP contribution is 2.36. The summed E-state index contributed by atoms with van der Waals surface area (Å²) in [5.41, 5.74) is 5.11. The highest BCUT2D eigenvalue weighted by atomic mass is 16.4. The van der Waals surface area contributed by atoms with E-state index in [9.17, 15) is 9.90 Å². The van der Waals surface area contributed by atoms with E-state index < -0.39 is 5.97 Å². The predicted octanol–water partition coefficient (Wildman–Crippen LogP) is 4.81. The number of carboxylic acid groups (broad SMARTS) is 1. The summed E-state index contributed by atoms with van der Waals surface area (Å²) in [5, 5.41) is 10.5. The Morgan fingerprint density at radius 1 is 1.00 bits per heavy atom. The molecule has 0 radical (unpaired) electrons. The van der Waals surface area contributed by atoms with Crippen molar-refractivity contribution < 1.29 is 9.90 Å². The molecule has 1 aliphatic carbocycles. The first kappa shape index (κ1) is 14.6. The van der Waals surface area contributed by atoms with Crippen molar-refractivity contribution in [3.8, 4) is 0 Å². The maximum Gasteiger partial charge on any atom is 0.336 e. The van der Waals surface area contributed by atoms with Crippen LogP contribution in [-0.4, -0.2) is 16.1 Å². The molecule has 0 fully saturated rings. The smallest absolute Gasteiger partial charge is 0.336 e. The highest BCUT2D eigenvalue weighted by Gasteiger charge is 2.24. The Kier molecular flexibility index (Phi) is 3.62. The van der Waals surface area contributed by atoms with E-state index in [0.29, 0.717) is 5.56 Å². The molecule has 1 aromatic heterocycles. The van der Waals surface area contributed by atoms with E-state index in [1.807, 2.05) is 42.5 Å². The number of hydrogen-bond donors (Lipinski definition) is 1. The normalized spacial score (nSPS) is 15.4. The number of allylic oxidation sites excluding steroid dienone is 1. The second-order valence-electron chi connectivity index (χ2n) is 6.07. The molecule has 1 N–H and O–H groups in total. The molecule has 1 aliphatic rings. The lowest BCUT2D eigenvalue weighted by molar-refractivity contribution is 0.0697. The van der Waals surface area contributed by atoms with Gasteiger partial charge in [0, 0.05) is 5.39 Å². The van der Waals surface area contributed by atoms with Gasteiger partial charge in [-0.1, -0.05) is 48.5 Å². The van der Waals surface area contributed by atoms with Crippen LogP contribution in [0.2, 0.25) is 0 Å². The lowest BCUT2D eigenvalue weighted by Crippen LogP contribution is -2.13. The number of fused-ring (bicyclic) bond motifs is 2. The summed E-state index contributed by atoms with van der Waals surface area (Å²) >= 11 is 0. The molecule has 4 rings (SSSR count). The van der Waals surface area contributed by atoms with Crippen molar-refractivity contribution in [1.82, 2.24) is 4.98 Å². The van der Waals surface area contributed by atoms with Gasteiger partial charge in [0.15, 0.2) is 0 Å². The fourth-order valence-electron chi connectivity index (χ4n) is 3.47. The van der Waals surface area contributed by atoms with E-state index >= 15 is 0 Å². The van der Waals surface area contributed by atoms with Gasteiger partial charge in [0.25, 0.3) is 0 Å². The molecular weight excluding hydrogens is 298 g/mol. The van der Waals surface area contributed by atoms with E-state index in [1.54, 1.807) is 0 Å². The number of pyridine rings is 1. The maximum absolute atomic E-state index is 11.9. The van der Waals surface area contributed by atoms with Crippen molar-refractivity contribution in [2.45, 2.75) is 19.3 Å². The molecule has 3 nitrogen and oxygen atoms in total. The van der Waals surface area contributed by atoms with Gasteiger partial charge < -0.3 is 5.11 Å². The minimum atomic E-state index is -0.870. The molecular formula is C21H17NO2. The summed E-state index contributed by atoms with van der Waals surface area (Å²) in [6.07, 6.45) is 4.77. The summed E-state index contributed by atoms with van der Waals surface area (Å²) in [5.74, 6) is -0.870. The van der Waals surface area contributed by atoms with Crippen LogP contribution in [0.4, 0.5) is 0 Å². The van der Waals surface area contributed by atoms with Gasteiger partial charge in [-0.15, -0.1) is 0 Å². The molecule has 0 saturated carbocycles. The van der Waals surface area contributed by atoms with Crippen LogP contribution in [0.1, 0.15) is 40.0 Å². The second-order valence-corrected chi connectivity index (χ2v) is 6.07. The molecule has 0 unspecified atom stereocenters. The van der Waals surface area contributed by atoms with Gasteiger partial charge in [-0.3, -0.25) is 0 Å². The minimum absolute atomic E-state index is 0.411. The Bertz CT molecular complexity index is 958. The van der Waals surface area contributed by atoms with Gasteiger partial charge in [-0.25, -0.2) is 9.78 Å². The maximum atomic E-state index is 11.9. The number of hydrogen-bond acceptors (Lipinski definition) is 2. The topological polar surface area (TPSA) is 50.2 Å². The summed E-state index contributed by atoms with van der Waals surface area (Å²) < 4.78 is 0. The average molecular weight is 315 g/mol. The molecule has 0 atom stereocenters. The Hall–Kier alpha value is -2.94. The third-order valence-electron chi connectivity index (χ3n) is 4.52. The number of aromatic nitrogens is 1. The highest BCUT2D eigenvalue weighted by molar-refractivity contribution is 6.05. The zero-order chi connectivity index (χ0) is 16.5. The van der Waals surface area contributed by atoms with E-state index in [-0.39, 0.29) is 0 Å². The van der Waals surface area contributed by atoms with Gasteiger partial charge in [-0.05, 0) is 48.1 Å².